The van der Waals surface area contributed by atoms with Crippen LogP contribution in [-0.2, 0) is 0 Å². The van der Waals surface area contributed by atoms with E-state index in [0.29, 0.717) is 23.4 Å². The van der Waals surface area contributed by atoms with Crippen LogP contribution in [-0.4, -0.2) is 29.0 Å². The second-order valence-corrected chi connectivity index (χ2v) is 9.82. The standard InChI is InChI=1S/C30H30N4O3/c1-17(2)19-7-9-20(10-8-19)29-26-27(22-14-18(3)6-12-23(22)37-29)33-30-31-16-32-34(30)28(26)21-11-13-24(35-4)25(15-21)36-5/h6-17,28-29H,1-5H3,(H,31,32,33)/t28-,29-/m0/s1. The van der Waals surface area contributed by atoms with E-state index in [4.69, 9.17) is 14.2 Å². The molecule has 2 aliphatic heterocycles. The summed E-state index contributed by atoms with van der Waals surface area (Å²) in [5.41, 5.74) is 7.63. The smallest absolute Gasteiger partial charge is 0.226 e. The average molecular weight is 495 g/mol. The molecule has 7 nitrogen and oxygen atoms in total. The molecule has 0 saturated carbocycles. The summed E-state index contributed by atoms with van der Waals surface area (Å²) in [4.78, 5) is 4.53. The van der Waals surface area contributed by atoms with E-state index in [2.05, 4.69) is 84.7 Å². The highest BCUT2D eigenvalue weighted by molar-refractivity contribution is 5.85. The zero-order valence-corrected chi connectivity index (χ0v) is 21.6. The number of benzene rings is 3. The highest BCUT2D eigenvalue weighted by atomic mass is 16.5. The van der Waals surface area contributed by atoms with Crippen LogP contribution in [0.15, 0.2) is 72.6 Å². The Labute approximate surface area is 216 Å². The third kappa shape index (κ3) is 3.82. The van der Waals surface area contributed by atoms with Crippen molar-refractivity contribution in [2.45, 2.75) is 38.8 Å². The molecule has 3 aromatic carbocycles. The normalized spacial score (nSPS) is 17.9. The van der Waals surface area contributed by atoms with E-state index >= 15 is 0 Å². The summed E-state index contributed by atoms with van der Waals surface area (Å²) in [6, 6.07) is 20.8. The van der Waals surface area contributed by atoms with Crippen molar-refractivity contribution >= 4 is 11.6 Å². The van der Waals surface area contributed by atoms with Gasteiger partial charge in [0.1, 0.15) is 24.2 Å². The number of nitrogens with one attached hydrogen (secondary N) is 1. The van der Waals surface area contributed by atoms with Gasteiger partial charge < -0.3 is 19.5 Å². The predicted octanol–water partition coefficient (Wildman–Crippen LogP) is 6.29. The number of fused-ring (bicyclic) bond motifs is 3. The zero-order valence-electron chi connectivity index (χ0n) is 21.6. The van der Waals surface area contributed by atoms with E-state index < -0.39 is 0 Å². The Balaban J connectivity index is 1.59. The molecule has 6 rings (SSSR count). The van der Waals surface area contributed by atoms with E-state index in [1.165, 1.54) is 5.56 Å². The lowest BCUT2D eigenvalue weighted by Gasteiger charge is -2.39. The fraction of sp³-hybridized carbons (Fsp3) is 0.267. The number of hydrogen-bond donors (Lipinski definition) is 1. The van der Waals surface area contributed by atoms with Crippen molar-refractivity contribution in [2.24, 2.45) is 0 Å². The molecule has 0 unspecified atom stereocenters. The SMILES string of the molecule is COc1ccc([C@H]2C3=C(Nc4ncnn42)c2cc(C)ccc2O[C@H]3c2ccc(C(C)C)cc2)cc1OC. The van der Waals surface area contributed by atoms with Crippen LogP contribution in [0.4, 0.5) is 5.95 Å². The van der Waals surface area contributed by atoms with E-state index in [-0.39, 0.29) is 12.1 Å². The van der Waals surface area contributed by atoms with Crippen molar-refractivity contribution < 1.29 is 14.2 Å². The quantitative estimate of drug-likeness (QED) is 0.352. The van der Waals surface area contributed by atoms with Crippen molar-refractivity contribution in [3.63, 3.8) is 0 Å². The molecule has 0 radical (unpaired) electrons. The first-order chi connectivity index (χ1) is 18.0. The Hall–Kier alpha value is -4.26. The zero-order chi connectivity index (χ0) is 25.7. The van der Waals surface area contributed by atoms with E-state index in [1.54, 1.807) is 20.5 Å². The number of rotatable bonds is 5. The molecular weight excluding hydrogens is 464 g/mol. The number of methoxy groups -OCH3 is 2. The van der Waals surface area contributed by atoms with E-state index in [0.717, 1.165) is 39.3 Å². The van der Waals surface area contributed by atoms with Gasteiger partial charge in [0.05, 0.1) is 19.9 Å². The predicted molar refractivity (Wildman–Crippen MR) is 143 cm³/mol. The monoisotopic (exact) mass is 494 g/mol. The summed E-state index contributed by atoms with van der Waals surface area (Å²) < 4.78 is 19.9. The number of nitrogens with zero attached hydrogens (tertiary/aromatic N) is 3. The Kier molecular flexibility index (Phi) is 5.63. The summed E-state index contributed by atoms with van der Waals surface area (Å²) >= 11 is 0. The van der Waals surface area contributed by atoms with Crippen LogP contribution in [0.25, 0.3) is 5.70 Å². The van der Waals surface area contributed by atoms with Crippen LogP contribution in [0.3, 0.4) is 0 Å². The van der Waals surface area contributed by atoms with Crippen molar-refractivity contribution in [1.29, 1.82) is 0 Å². The van der Waals surface area contributed by atoms with Crippen molar-refractivity contribution in [3.8, 4) is 17.2 Å². The molecule has 1 N–H and O–H groups in total. The van der Waals surface area contributed by atoms with Crippen LogP contribution >= 0.6 is 0 Å². The average Bonchev–Trinajstić information content (AvgIpc) is 3.39. The molecule has 0 amide bonds. The summed E-state index contributed by atoms with van der Waals surface area (Å²) in [6.45, 7) is 6.50. The lowest BCUT2D eigenvalue weighted by Crippen LogP contribution is -2.32. The Bertz CT molecular complexity index is 1500. The van der Waals surface area contributed by atoms with E-state index in [9.17, 15) is 0 Å². The molecule has 188 valence electrons. The van der Waals surface area contributed by atoms with Gasteiger partial charge in [-0.2, -0.15) is 10.1 Å². The van der Waals surface area contributed by atoms with Crippen molar-refractivity contribution in [2.75, 3.05) is 19.5 Å². The van der Waals surface area contributed by atoms with Crippen LogP contribution < -0.4 is 19.5 Å². The largest absolute Gasteiger partial charge is 0.493 e. The number of ether oxygens (including phenoxy) is 3. The lowest BCUT2D eigenvalue weighted by atomic mass is 9.84. The molecule has 3 heterocycles. The molecule has 2 atom stereocenters. The maximum Gasteiger partial charge on any atom is 0.226 e. The molecule has 7 heteroatoms. The summed E-state index contributed by atoms with van der Waals surface area (Å²) in [5, 5.41) is 8.20. The molecule has 37 heavy (non-hydrogen) atoms. The highest BCUT2D eigenvalue weighted by Crippen LogP contribution is 2.51. The molecule has 0 bridgehead atoms. The van der Waals surface area contributed by atoms with Crippen molar-refractivity contribution in [1.82, 2.24) is 14.8 Å². The Morgan fingerprint density at radius 3 is 2.41 bits per heavy atom. The Morgan fingerprint density at radius 1 is 0.919 bits per heavy atom. The number of aromatic nitrogens is 3. The minimum absolute atomic E-state index is 0.267. The van der Waals surface area contributed by atoms with Gasteiger partial charge in [0.2, 0.25) is 5.95 Å². The molecule has 0 fully saturated rings. The first kappa shape index (κ1) is 23.2. The van der Waals surface area contributed by atoms with Gasteiger partial charge in [-0.15, -0.1) is 0 Å². The van der Waals surface area contributed by atoms with Gasteiger partial charge in [-0.1, -0.05) is 55.8 Å². The third-order valence-electron chi connectivity index (χ3n) is 7.20. The summed E-state index contributed by atoms with van der Waals surface area (Å²) in [5.74, 6) is 3.31. The first-order valence-corrected chi connectivity index (χ1v) is 12.5. The number of anilines is 1. The van der Waals surface area contributed by atoms with Gasteiger partial charge >= 0.3 is 0 Å². The fourth-order valence-corrected chi connectivity index (χ4v) is 5.26. The van der Waals surface area contributed by atoms with Gasteiger partial charge in [0.15, 0.2) is 11.5 Å². The molecule has 0 saturated heterocycles. The maximum absolute atomic E-state index is 6.77. The molecule has 1 aromatic heterocycles. The maximum atomic E-state index is 6.77. The summed E-state index contributed by atoms with van der Waals surface area (Å²) in [7, 11) is 3.29. The minimum Gasteiger partial charge on any atom is -0.493 e. The third-order valence-corrected chi connectivity index (χ3v) is 7.20. The lowest BCUT2D eigenvalue weighted by molar-refractivity contribution is 0.223. The summed E-state index contributed by atoms with van der Waals surface area (Å²) in [6.07, 6.45) is 1.26. The second kappa shape index (κ2) is 9.00. The van der Waals surface area contributed by atoms with Crippen LogP contribution in [0, 0.1) is 6.92 Å². The molecular formula is C30H30N4O3. The van der Waals surface area contributed by atoms with Crippen molar-refractivity contribution in [3.05, 3.63) is 100 Å². The molecule has 2 aliphatic rings. The van der Waals surface area contributed by atoms with Gasteiger partial charge in [-0.25, -0.2) is 4.68 Å². The van der Waals surface area contributed by atoms with Crippen LogP contribution in [0.1, 0.15) is 59.7 Å². The van der Waals surface area contributed by atoms with Gasteiger partial charge in [0, 0.05) is 11.1 Å². The number of hydrogen-bond acceptors (Lipinski definition) is 6. The topological polar surface area (TPSA) is 70.4 Å². The van der Waals surface area contributed by atoms with E-state index in [1.807, 2.05) is 16.8 Å². The molecule has 0 spiro atoms. The van der Waals surface area contributed by atoms with Crippen LogP contribution in [0.2, 0.25) is 0 Å². The fourth-order valence-electron chi connectivity index (χ4n) is 5.26. The first-order valence-electron chi connectivity index (χ1n) is 12.5. The second-order valence-electron chi connectivity index (χ2n) is 9.82. The highest BCUT2D eigenvalue weighted by Gasteiger charge is 2.41. The van der Waals surface area contributed by atoms with Gasteiger partial charge in [-0.05, 0) is 53.8 Å². The number of aryl methyl sites for hydroxylation is 1. The van der Waals surface area contributed by atoms with Crippen LogP contribution in [0.5, 0.6) is 17.2 Å². The van der Waals surface area contributed by atoms with Gasteiger partial charge in [0.25, 0.3) is 0 Å². The molecule has 4 aromatic rings. The molecule has 0 aliphatic carbocycles. The Morgan fingerprint density at radius 2 is 1.68 bits per heavy atom. The van der Waals surface area contributed by atoms with Gasteiger partial charge in [-0.3, -0.25) is 0 Å². The minimum atomic E-state index is -0.325.